The lowest BCUT2D eigenvalue weighted by Gasteiger charge is -2.26. The van der Waals surface area contributed by atoms with Crippen molar-refractivity contribution in [1.82, 2.24) is 9.47 Å². The highest BCUT2D eigenvalue weighted by atomic mass is 16.5. The number of rotatable bonds is 12. The molecule has 4 heteroatoms. The molecule has 0 aliphatic heterocycles. The highest BCUT2D eigenvalue weighted by Gasteiger charge is 2.15. The number of terminal acetylenes is 1. The van der Waals surface area contributed by atoms with Gasteiger partial charge < -0.3 is 14.4 Å². The Bertz CT molecular complexity index is 688. The second-order valence-electron chi connectivity index (χ2n) is 7.40. The average molecular weight is 369 g/mol. The third-order valence-corrected chi connectivity index (χ3v) is 4.49. The fourth-order valence-electron chi connectivity index (χ4n) is 3.04. The van der Waals surface area contributed by atoms with Crippen molar-refractivity contribution in [2.75, 3.05) is 26.3 Å². The van der Waals surface area contributed by atoms with Crippen molar-refractivity contribution in [3.63, 3.8) is 0 Å². The average Bonchev–Trinajstić information content (AvgIpc) is 3.07. The van der Waals surface area contributed by atoms with Crippen LogP contribution in [0.3, 0.4) is 0 Å². The molecular weight excluding hydrogens is 336 g/mol. The quantitative estimate of drug-likeness (QED) is 0.461. The first kappa shape index (κ1) is 21.2. The molecule has 0 saturated heterocycles. The van der Waals surface area contributed by atoms with Gasteiger partial charge in [0.25, 0.3) is 0 Å². The SMILES string of the molecule is C#CCOC[C@@H](O)CN(CCC(C)C)Cc1cccn1Cc1ccccc1. The molecule has 2 rings (SSSR count). The lowest BCUT2D eigenvalue weighted by Crippen LogP contribution is -2.36. The molecule has 0 aliphatic rings. The Labute approximate surface area is 163 Å². The number of aromatic nitrogens is 1. The summed E-state index contributed by atoms with van der Waals surface area (Å²) in [5.74, 6) is 3.06. The van der Waals surface area contributed by atoms with Crippen LogP contribution in [0.25, 0.3) is 0 Å². The summed E-state index contributed by atoms with van der Waals surface area (Å²) in [6, 6.07) is 14.7. The number of hydrogen-bond acceptors (Lipinski definition) is 3. The number of ether oxygens (including phenoxy) is 1. The summed E-state index contributed by atoms with van der Waals surface area (Å²) in [5.41, 5.74) is 2.53. The van der Waals surface area contributed by atoms with E-state index >= 15 is 0 Å². The van der Waals surface area contributed by atoms with Gasteiger partial charge in [-0.1, -0.05) is 50.1 Å². The summed E-state index contributed by atoms with van der Waals surface area (Å²) < 4.78 is 7.57. The Kier molecular flexibility index (Phi) is 9.13. The minimum absolute atomic E-state index is 0.239. The first-order valence-corrected chi connectivity index (χ1v) is 9.68. The van der Waals surface area contributed by atoms with Gasteiger partial charge in [-0.3, -0.25) is 4.90 Å². The van der Waals surface area contributed by atoms with Crippen molar-refractivity contribution < 1.29 is 9.84 Å². The molecule has 1 heterocycles. The van der Waals surface area contributed by atoms with E-state index in [0.717, 1.165) is 26.1 Å². The van der Waals surface area contributed by atoms with E-state index in [4.69, 9.17) is 11.2 Å². The van der Waals surface area contributed by atoms with Gasteiger partial charge in [-0.05, 0) is 36.6 Å². The molecule has 0 amide bonds. The van der Waals surface area contributed by atoms with E-state index in [9.17, 15) is 5.11 Å². The summed E-state index contributed by atoms with van der Waals surface area (Å²) >= 11 is 0. The zero-order chi connectivity index (χ0) is 19.5. The van der Waals surface area contributed by atoms with Crippen LogP contribution in [0, 0.1) is 18.3 Å². The molecule has 0 spiro atoms. The van der Waals surface area contributed by atoms with Crippen LogP contribution in [-0.2, 0) is 17.8 Å². The Morgan fingerprint density at radius 3 is 2.67 bits per heavy atom. The van der Waals surface area contributed by atoms with Gasteiger partial charge in [0, 0.05) is 31.5 Å². The molecule has 146 valence electrons. The molecule has 0 unspecified atom stereocenters. The summed E-state index contributed by atoms with van der Waals surface area (Å²) in [6.07, 6.45) is 7.87. The maximum atomic E-state index is 10.3. The zero-order valence-corrected chi connectivity index (χ0v) is 16.6. The van der Waals surface area contributed by atoms with Gasteiger partial charge in [0.2, 0.25) is 0 Å². The molecule has 0 saturated carbocycles. The van der Waals surface area contributed by atoms with E-state index in [2.05, 4.69) is 71.8 Å². The zero-order valence-electron chi connectivity index (χ0n) is 16.6. The van der Waals surface area contributed by atoms with Crippen molar-refractivity contribution in [1.29, 1.82) is 0 Å². The minimum Gasteiger partial charge on any atom is -0.389 e. The van der Waals surface area contributed by atoms with Gasteiger partial charge in [-0.15, -0.1) is 6.42 Å². The van der Waals surface area contributed by atoms with Crippen LogP contribution in [0.1, 0.15) is 31.5 Å². The standard InChI is InChI=1S/C23H32N2O2/c1-4-15-27-19-23(26)18-24(14-12-20(2)3)17-22-11-8-13-25(22)16-21-9-6-5-7-10-21/h1,5-11,13,20,23,26H,12,14-19H2,2-3H3/t23-/m0/s1. The molecule has 1 aromatic heterocycles. The molecular formula is C23H32N2O2. The number of hydrogen-bond donors (Lipinski definition) is 1. The topological polar surface area (TPSA) is 37.6 Å². The van der Waals surface area contributed by atoms with Gasteiger partial charge in [0.05, 0.1) is 12.7 Å². The van der Waals surface area contributed by atoms with E-state index in [0.29, 0.717) is 12.5 Å². The molecule has 1 aromatic carbocycles. The van der Waals surface area contributed by atoms with Gasteiger partial charge in [-0.25, -0.2) is 0 Å². The second-order valence-corrected chi connectivity index (χ2v) is 7.40. The van der Waals surface area contributed by atoms with Crippen LogP contribution in [0.5, 0.6) is 0 Å². The highest BCUT2D eigenvalue weighted by Crippen LogP contribution is 2.13. The van der Waals surface area contributed by atoms with Crippen molar-refractivity contribution in [3.05, 3.63) is 59.9 Å². The number of aliphatic hydroxyl groups is 1. The largest absolute Gasteiger partial charge is 0.389 e. The van der Waals surface area contributed by atoms with Crippen molar-refractivity contribution in [2.24, 2.45) is 5.92 Å². The first-order valence-electron chi connectivity index (χ1n) is 9.68. The van der Waals surface area contributed by atoms with Crippen LogP contribution >= 0.6 is 0 Å². The Morgan fingerprint density at radius 1 is 1.19 bits per heavy atom. The predicted octanol–water partition coefficient (Wildman–Crippen LogP) is 3.40. The van der Waals surface area contributed by atoms with Crippen LogP contribution in [0.2, 0.25) is 0 Å². The Hall–Kier alpha value is -2.06. The number of nitrogens with zero attached hydrogens (tertiary/aromatic N) is 2. The van der Waals surface area contributed by atoms with E-state index in [1.807, 2.05) is 6.07 Å². The Balaban J connectivity index is 1.99. The lowest BCUT2D eigenvalue weighted by molar-refractivity contribution is 0.0248. The fourth-order valence-corrected chi connectivity index (χ4v) is 3.04. The molecule has 4 nitrogen and oxygen atoms in total. The Morgan fingerprint density at radius 2 is 1.96 bits per heavy atom. The maximum absolute atomic E-state index is 10.3. The smallest absolute Gasteiger partial charge is 0.107 e. The predicted molar refractivity (Wildman–Crippen MR) is 110 cm³/mol. The molecule has 27 heavy (non-hydrogen) atoms. The van der Waals surface area contributed by atoms with Crippen LogP contribution < -0.4 is 0 Å². The lowest BCUT2D eigenvalue weighted by atomic mass is 10.1. The molecule has 0 bridgehead atoms. The summed E-state index contributed by atoms with van der Waals surface area (Å²) in [4.78, 5) is 2.31. The van der Waals surface area contributed by atoms with E-state index in [1.165, 1.54) is 11.3 Å². The molecule has 0 radical (unpaired) electrons. The van der Waals surface area contributed by atoms with E-state index in [1.54, 1.807) is 0 Å². The van der Waals surface area contributed by atoms with Crippen molar-refractivity contribution in [3.8, 4) is 12.3 Å². The third kappa shape index (κ3) is 8.01. The van der Waals surface area contributed by atoms with Crippen LogP contribution in [0.4, 0.5) is 0 Å². The molecule has 1 atom stereocenters. The van der Waals surface area contributed by atoms with Crippen molar-refractivity contribution >= 4 is 0 Å². The van der Waals surface area contributed by atoms with Gasteiger partial charge in [-0.2, -0.15) is 0 Å². The summed E-state index contributed by atoms with van der Waals surface area (Å²) in [7, 11) is 0. The fraction of sp³-hybridized carbons (Fsp3) is 0.478. The van der Waals surface area contributed by atoms with Crippen molar-refractivity contribution in [2.45, 2.75) is 39.5 Å². The van der Waals surface area contributed by atoms with E-state index in [-0.39, 0.29) is 13.2 Å². The summed E-state index contributed by atoms with van der Waals surface area (Å²) in [6.45, 7) is 8.14. The monoisotopic (exact) mass is 368 g/mol. The molecule has 0 aliphatic carbocycles. The number of aliphatic hydroxyl groups excluding tert-OH is 1. The molecule has 0 fully saturated rings. The normalized spacial score (nSPS) is 12.4. The van der Waals surface area contributed by atoms with E-state index < -0.39 is 6.10 Å². The molecule has 1 N–H and O–H groups in total. The first-order chi connectivity index (χ1) is 13.1. The van der Waals surface area contributed by atoms with Crippen LogP contribution in [0.15, 0.2) is 48.7 Å². The van der Waals surface area contributed by atoms with Gasteiger partial charge >= 0.3 is 0 Å². The maximum Gasteiger partial charge on any atom is 0.107 e. The third-order valence-electron chi connectivity index (χ3n) is 4.49. The molecule has 2 aromatic rings. The summed E-state index contributed by atoms with van der Waals surface area (Å²) in [5, 5.41) is 10.3. The van der Waals surface area contributed by atoms with Crippen LogP contribution in [-0.4, -0.2) is 47.0 Å². The van der Waals surface area contributed by atoms with Gasteiger partial charge in [0.1, 0.15) is 6.61 Å². The highest BCUT2D eigenvalue weighted by molar-refractivity contribution is 5.17. The second kappa shape index (κ2) is 11.6. The van der Waals surface area contributed by atoms with Gasteiger partial charge in [0.15, 0.2) is 0 Å². The minimum atomic E-state index is -0.539. The number of benzene rings is 1.